The summed E-state index contributed by atoms with van der Waals surface area (Å²) in [7, 11) is -1.92. The number of carbonyl (C=O) groups is 1. The van der Waals surface area contributed by atoms with Crippen molar-refractivity contribution in [2.45, 2.75) is 50.5 Å². The van der Waals surface area contributed by atoms with Gasteiger partial charge >= 0.3 is 0 Å². The van der Waals surface area contributed by atoms with Crippen LogP contribution in [0, 0.1) is 13.8 Å². The van der Waals surface area contributed by atoms with Crippen molar-refractivity contribution < 1.29 is 13.2 Å². The Kier molecular flexibility index (Phi) is 5.67. The fourth-order valence-electron chi connectivity index (χ4n) is 3.53. The number of nitrogens with one attached hydrogen (secondary N) is 1. The highest BCUT2D eigenvalue weighted by Gasteiger charge is 2.24. The van der Waals surface area contributed by atoms with Crippen LogP contribution in [-0.2, 0) is 10.0 Å². The van der Waals surface area contributed by atoms with Crippen LogP contribution in [0.4, 0.5) is 5.69 Å². The van der Waals surface area contributed by atoms with Gasteiger partial charge in [0.05, 0.1) is 4.90 Å². The third-order valence-electron chi connectivity index (χ3n) is 5.31. The van der Waals surface area contributed by atoms with E-state index >= 15 is 0 Å². The lowest BCUT2D eigenvalue weighted by atomic mass is 10.1. The Bertz CT molecular complexity index is 948. The molecule has 2 aromatic rings. The van der Waals surface area contributed by atoms with Crippen molar-refractivity contribution in [3.8, 4) is 0 Å². The summed E-state index contributed by atoms with van der Waals surface area (Å²) >= 11 is 0. The molecular weight excluding hydrogens is 360 g/mol. The highest BCUT2D eigenvalue weighted by molar-refractivity contribution is 7.89. The van der Waals surface area contributed by atoms with Gasteiger partial charge in [0.15, 0.2) is 0 Å². The lowest BCUT2D eigenvalue weighted by Crippen LogP contribution is -2.33. The van der Waals surface area contributed by atoms with E-state index in [2.05, 4.69) is 4.72 Å². The Balaban J connectivity index is 1.86. The molecule has 0 aliphatic heterocycles. The maximum atomic E-state index is 12.9. The molecule has 6 heteroatoms. The predicted molar refractivity (Wildman–Crippen MR) is 108 cm³/mol. The number of rotatable bonds is 5. The standard InChI is InChI=1S/C21H26N2O3S/c1-15-8-6-13-20(16(15)2)23(3)21(24)17-9-7-12-19(14-17)27(25,26)22-18-10-4-5-11-18/h6-9,12-14,18,22H,4-5,10-11H2,1-3H3. The number of sulfonamides is 1. The SMILES string of the molecule is Cc1cccc(N(C)C(=O)c2cccc(S(=O)(=O)NC3CCCC3)c2)c1C. The fraction of sp³-hybridized carbons (Fsp3) is 0.381. The number of amides is 1. The first-order chi connectivity index (χ1) is 12.8. The van der Waals surface area contributed by atoms with E-state index in [1.807, 2.05) is 32.0 Å². The zero-order chi connectivity index (χ0) is 19.6. The van der Waals surface area contributed by atoms with Crippen LogP contribution in [-0.4, -0.2) is 27.4 Å². The molecule has 0 spiro atoms. The van der Waals surface area contributed by atoms with Crippen molar-refractivity contribution in [1.82, 2.24) is 4.72 Å². The van der Waals surface area contributed by atoms with Crippen molar-refractivity contribution in [3.63, 3.8) is 0 Å². The minimum atomic E-state index is -3.63. The molecule has 5 nitrogen and oxygen atoms in total. The number of anilines is 1. The van der Waals surface area contributed by atoms with E-state index < -0.39 is 10.0 Å². The van der Waals surface area contributed by atoms with E-state index in [1.54, 1.807) is 24.1 Å². The van der Waals surface area contributed by atoms with Crippen LogP contribution in [0.2, 0.25) is 0 Å². The van der Waals surface area contributed by atoms with Gasteiger partial charge in [0.25, 0.3) is 5.91 Å². The quantitative estimate of drug-likeness (QED) is 0.850. The summed E-state index contributed by atoms with van der Waals surface area (Å²) in [5, 5.41) is 0. The van der Waals surface area contributed by atoms with E-state index in [0.29, 0.717) is 5.56 Å². The van der Waals surface area contributed by atoms with Crippen LogP contribution in [0.25, 0.3) is 0 Å². The third-order valence-corrected chi connectivity index (χ3v) is 6.83. The lowest BCUT2D eigenvalue weighted by molar-refractivity contribution is 0.0992. The Morgan fingerprint density at radius 1 is 1.07 bits per heavy atom. The smallest absolute Gasteiger partial charge is 0.258 e. The molecule has 1 fully saturated rings. The van der Waals surface area contributed by atoms with Gasteiger partial charge in [-0.1, -0.05) is 31.0 Å². The van der Waals surface area contributed by atoms with Crippen molar-refractivity contribution in [2.24, 2.45) is 0 Å². The highest BCUT2D eigenvalue weighted by atomic mass is 32.2. The number of carbonyl (C=O) groups excluding carboxylic acids is 1. The molecule has 0 heterocycles. The van der Waals surface area contributed by atoms with Crippen LogP contribution in [0.1, 0.15) is 47.2 Å². The maximum Gasteiger partial charge on any atom is 0.258 e. The molecule has 0 aromatic heterocycles. The second-order valence-corrected chi connectivity index (χ2v) is 8.93. The number of benzene rings is 2. The Hall–Kier alpha value is -2.18. The van der Waals surface area contributed by atoms with Crippen molar-refractivity contribution in [2.75, 3.05) is 11.9 Å². The van der Waals surface area contributed by atoms with Gasteiger partial charge in [-0.15, -0.1) is 0 Å². The first-order valence-electron chi connectivity index (χ1n) is 9.26. The van der Waals surface area contributed by atoms with Gasteiger partial charge in [-0.05, 0) is 62.1 Å². The van der Waals surface area contributed by atoms with Gasteiger partial charge in [0, 0.05) is 24.3 Å². The van der Waals surface area contributed by atoms with Crippen LogP contribution in [0.3, 0.4) is 0 Å². The minimum Gasteiger partial charge on any atom is -0.311 e. The van der Waals surface area contributed by atoms with Crippen molar-refractivity contribution in [1.29, 1.82) is 0 Å². The molecular formula is C21H26N2O3S. The lowest BCUT2D eigenvalue weighted by Gasteiger charge is -2.21. The molecule has 144 valence electrons. The number of hydrogen-bond acceptors (Lipinski definition) is 3. The van der Waals surface area contributed by atoms with Crippen LogP contribution in [0.5, 0.6) is 0 Å². The normalized spacial score (nSPS) is 15.1. The highest BCUT2D eigenvalue weighted by Crippen LogP contribution is 2.24. The first-order valence-corrected chi connectivity index (χ1v) is 10.7. The Morgan fingerprint density at radius 3 is 2.44 bits per heavy atom. The monoisotopic (exact) mass is 386 g/mol. The molecule has 0 radical (unpaired) electrons. The van der Waals surface area contributed by atoms with Crippen molar-refractivity contribution in [3.05, 3.63) is 59.2 Å². The maximum absolute atomic E-state index is 12.9. The molecule has 1 amide bonds. The summed E-state index contributed by atoms with van der Waals surface area (Å²) in [6.07, 6.45) is 3.83. The van der Waals surface area contributed by atoms with Crippen LogP contribution >= 0.6 is 0 Å². The van der Waals surface area contributed by atoms with Gasteiger partial charge in [-0.3, -0.25) is 4.79 Å². The zero-order valence-corrected chi connectivity index (χ0v) is 16.8. The largest absolute Gasteiger partial charge is 0.311 e. The van der Waals surface area contributed by atoms with Crippen LogP contribution < -0.4 is 9.62 Å². The zero-order valence-electron chi connectivity index (χ0n) is 16.0. The van der Waals surface area contributed by atoms with Gasteiger partial charge < -0.3 is 4.90 Å². The summed E-state index contributed by atoms with van der Waals surface area (Å²) in [5.74, 6) is -0.235. The molecule has 1 saturated carbocycles. The van der Waals surface area contributed by atoms with Gasteiger partial charge in [0.1, 0.15) is 0 Å². The second-order valence-electron chi connectivity index (χ2n) is 7.21. The van der Waals surface area contributed by atoms with Gasteiger partial charge in [-0.25, -0.2) is 13.1 Å². The summed E-state index contributed by atoms with van der Waals surface area (Å²) in [5.41, 5.74) is 3.30. The van der Waals surface area contributed by atoms with E-state index in [9.17, 15) is 13.2 Å². The van der Waals surface area contributed by atoms with Gasteiger partial charge in [0.2, 0.25) is 10.0 Å². The summed E-state index contributed by atoms with van der Waals surface area (Å²) in [6, 6.07) is 12.1. The third kappa shape index (κ3) is 4.22. The van der Waals surface area contributed by atoms with E-state index in [0.717, 1.165) is 42.5 Å². The minimum absolute atomic E-state index is 0.00743. The molecule has 0 saturated heterocycles. The molecule has 0 bridgehead atoms. The molecule has 0 atom stereocenters. The summed E-state index contributed by atoms with van der Waals surface area (Å²) in [6.45, 7) is 3.97. The fourth-order valence-corrected chi connectivity index (χ4v) is 4.88. The molecule has 1 aliphatic rings. The van der Waals surface area contributed by atoms with E-state index in [4.69, 9.17) is 0 Å². The van der Waals surface area contributed by atoms with Crippen molar-refractivity contribution >= 4 is 21.6 Å². The van der Waals surface area contributed by atoms with E-state index in [-0.39, 0.29) is 16.8 Å². The topological polar surface area (TPSA) is 66.5 Å². The number of hydrogen-bond donors (Lipinski definition) is 1. The Morgan fingerprint density at radius 2 is 1.74 bits per heavy atom. The molecule has 3 rings (SSSR count). The second kappa shape index (κ2) is 7.82. The number of aryl methyl sites for hydroxylation is 1. The molecule has 1 N–H and O–H groups in total. The summed E-state index contributed by atoms with van der Waals surface area (Å²) < 4.78 is 28.1. The van der Waals surface area contributed by atoms with Crippen LogP contribution in [0.15, 0.2) is 47.4 Å². The predicted octanol–water partition coefficient (Wildman–Crippen LogP) is 3.80. The van der Waals surface area contributed by atoms with Gasteiger partial charge in [-0.2, -0.15) is 0 Å². The first kappa shape index (κ1) is 19.6. The number of nitrogens with zero attached hydrogens (tertiary/aromatic N) is 1. The average molecular weight is 387 g/mol. The molecule has 1 aliphatic carbocycles. The molecule has 27 heavy (non-hydrogen) atoms. The average Bonchev–Trinajstić information content (AvgIpc) is 3.15. The summed E-state index contributed by atoms with van der Waals surface area (Å²) in [4.78, 5) is 14.6. The molecule has 0 unspecified atom stereocenters. The molecule has 2 aromatic carbocycles. The Labute approximate surface area is 161 Å². The van der Waals surface area contributed by atoms with E-state index in [1.165, 1.54) is 12.1 Å².